The van der Waals surface area contributed by atoms with Crippen LogP contribution in [0.4, 0.5) is 0 Å². The fraction of sp³-hybridized carbons (Fsp3) is 0.308. The van der Waals surface area contributed by atoms with Crippen molar-refractivity contribution in [2.45, 2.75) is 19.9 Å². The van der Waals surface area contributed by atoms with Gasteiger partial charge < -0.3 is 4.90 Å². The zero-order valence-electron chi connectivity index (χ0n) is 10.4. The molecule has 1 amide bonds. The Bertz CT molecular complexity index is 496. The highest BCUT2D eigenvalue weighted by molar-refractivity contribution is 6.66. The van der Waals surface area contributed by atoms with Crippen molar-refractivity contribution in [2.75, 3.05) is 6.54 Å². The summed E-state index contributed by atoms with van der Waals surface area (Å²) in [5, 5.41) is 3.81. The Balaban J connectivity index is 2.25. The highest BCUT2D eigenvalue weighted by Gasteiger charge is 2.33. The summed E-state index contributed by atoms with van der Waals surface area (Å²) in [6, 6.07) is 9.80. The van der Waals surface area contributed by atoms with Crippen molar-refractivity contribution in [2.24, 2.45) is 5.10 Å². The number of Topliss-reactive ketones (excluding diaryl/α,β-unsaturated/α-hetero) is 1. The molecule has 94 valence electrons. The third-order valence-electron chi connectivity index (χ3n) is 3.03. The van der Waals surface area contributed by atoms with E-state index in [2.05, 4.69) is 10.5 Å². The number of amidine groups is 1. The van der Waals surface area contributed by atoms with E-state index in [0.717, 1.165) is 5.56 Å². The van der Waals surface area contributed by atoms with E-state index >= 15 is 0 Å². The molecule has 1 atom stereocenters. The van der Waals surface area contributed by atoms with Crippen molar-refractivity contribution >= 4 is 17.5 Å². The molecule has 0 aliphatic carbocycles. The highest BCUT2D eigenvalue weighted by atomic mass is 16.2. The molecule has 0 radical (unpaired) electrons. The second-order valence-electron chi connectivity index (χ2n) is 4.08. The number of hydrogen-bond acceptors (Lipinski definition) is 4. The topological polar surface area (TPSA) is 61.8 Å². The minimum absolute atomic E-state index is 0.00778. The average Bonchev–Trinajstić information content (AvgIpc) is 2.73. The normalized spacial score (nSPS) is 16.2. The maximum Gasteiger partial charge on any atom is 0.315 e. The number of hydrogen-bond donors (Lipinski definition) is 1. The van der Waals surface area contributed by atoms with E-state index in [-0.39, 0.29) is 11.9 Å². The molecule has 1 aromatic carbocycles. The monoisotopic (exact) mass is 245 g/mol. The number of carbonyl (C=O) groups is 2. The Kier molecular flexibility index (Phi) is 3.41. The van der Waals surface area contributed by atoms with Crippen LogP contribution >= 0.6 is 0 Å². The summed E-state index contributed by atoms with van der Waals surface area (Å²) in [5.74, 6) is -1.04. The van der Waals surface area contributed by atoms with Gasteiger partial charge in [-0.05, 0) is 19.4 Å². The standard InChI is InChI=1S/C13H15N3O2/c1-3-16(12-11(17)13(18)15-14-12)9(2)10-7-5-4-6-8-10/h4-9H,3H2,1-2H3,(H,15,17,18). The van der Waals surface area contributed by atoms with Gasteiger partial charge in [-0.15, -0.1) is 0 Å². The molecule has 1 aliphatic rings. The first-order valence-electron chi connectivity index (χ1n) is 5.89. The lowest BCUT2D eigenvalue weighted by Crippen LogP contribution is -2.38. The van der Waals surface area contributed by atoms with E-state index in [1.165, 1.54) is 0 Å². The van der Waals surface area contributed by atoms with Crippen LogP contribution in [0.15, 0.2) is 35.4 Å². The van der Waals surface area contributed by atoms with Crippen molar-refractivity contribution in [1.82, 2.24) is 10.3 Å². The predicted octanol–water partition coefficient (Wildman–Crippen LogP) is 1.08. The SMILES string of the molecule is CCN(C1=NNC(=O)C1=O)C(C)c1ccccc1. The molecule has 1 aliphatic heterocycles. The number of carbonyl (C=O) groups excluding carboxylic acids is 2. The van der Waals surface area contributed by atoms with E-state index in [1.54, 1.807) is 0 Å². The number of ketones is 1. The molecular weight excluding hydrogens is 230 g/mol. The van der Waals surface area contributed by atoms with Gasteiger partial charge in [0.2, 0.25) is 5.84 Å². The van der Waals surface area contributed by atoms with E-state index in [1.807, 2.05) is 49.1 Å². The summed E-state index contributed by atoms with van der Waals surface area (Å²) in [6.07, 6.45) is 0. The summed E-state index contributed by atoms with van der Waals surface area (Å²) in [4.78, 5) is 24.6. The summed E-state index contributed by atoms with van der Waals surface area (Å²) in [5.41, 5.74) is 3.28. The van der Waals surface area contributed by atoms with Gasteiger partial charge >= 0.3 is 5.91 Å². The lowest BCUT2D eigenvalue weighted by Gasteiger charge is -2.28. The van der Waals surface area contributed by atoms with Crippen LogP contribution in [-0.2, 0) is 9.59 Å². The van der Waals surface area contributed by atoms with Crippen molar-refractivity contribution < 1.29 is 9.59 Å². The largest absolute Gasteiger partial charge is 0.345 e. The molecule has 0 saturated heterocycles. The van der Waals surface area contributed by atoms with Gasteiger partial charge in [0.15, 0.2) is 0 Å². The Hall–Kier alpha value is -2.17. The number of likely N-dealkylation sites (N-methyl/N-ethyl adjacent to an activating group) is 1. The summed E-state index contributed by atoms with van der Waals surface area (Å²) < 4.78 is 0. The third-order valence-corrected chi connectivity index (χ3v) is 3.03. The molecule has 0 aromatic heterocycles. The van der Waals surface area contributed by atoms with Gasteiger partial charge in [0.1, 0.15) is 0 Å². The van der Waals surface area contributed by atoms with E-state index in [0.29, 0.717) is 6.54 Å². The molecule has 5 heteroatoms. The molecule has 1 unspecified atom stereocenters. The van der Waals surface area contributed by atoms with Crippen molar-refractivity contribution in [3.8, 4) is 0 Å². The second kappa shape index (κ2) is 5.00. The molecule has 0 fully saturated rings. The van der Waals surface area contributed by atoms with Gasteiger partial charge in [-0.2, -0.15) is 5.10 Å². The predicted molar refractivity (Wildman–Crippen MR) is 67.8 cm³/mol. The number of nitrogens with one attached hydrogen (secondary N) is 1. The minimum atomic E-state index is -0.663. The molecule has 1 N–H and O–H groups in total. The van der Waals surface area contributed by atoms with Crippen molar-refractivity contribution in [3.05, 3.63) is 35.9 Å². The van der Waals surface area contributed by atoms with Crippen LogP contribution in [0.3, 0.4) is 0 Å². The molecule has 1 heterocycles. The summed E-state index contributed by atoms with van der Waals surface area (Å²) in [6.45, 7) is 4.52. The lowest BCUT2D eigenvalue weighted by molar-refractivity contribution is -0.133. The van der Waals surface area contributed by atoms with Crippen LogP contribution in [0.2, 0.25) is 0 Å². The van der Waals surface area contributed by atoms with Crippen LogP contribution < -0.4 is 5.43 Å². The maximum absolute atomic E-state index is 11.7. The first kappa shape index (κ1) is 12.3. The highest BCUT2D eigenvalue weighted by Crippen LogP contribution is 2.21. The van der Waals surface area contributed by atoms with Gasteiger partial charge in [0.25, 0.3) is 5.78 Å². The Morgan fingerprint density at radius 1 is 1.28 bits per heavy atom. The first-order chi connectivity index (χ1) is 8.65. The fourth-order valence-electron chi connectivity index (χ4n) is 2.02. The van der Waals surface area contributed by atoms with Crippen LogP contribution in [-0.4, -0.2) is 29.0 Å². The van der Waals surface area contributed by atoms with Crippen LogP contribution in [0, 0.1) is 0 Å². The lowest BCUT2D eigenvalue weighted by atomic mass is 10.1. The third kappa shape index (κ3) is 2.11. The maximum atomic E-state index is 11.7. The van der Waals surface area contributed by atoms with Crippen LogP contribution in [0.25, 0.3) is 0 Å². The summed E-state index contributed by atoms with van der Waals surface area (Å²) in [7, 11) is 0. The fourth-order valence-corrected chi connectivity index (χ4v) is 2.02. The Morgan fingerprint density at radius 2 is 1.94 bits per heavy atom. The van der Waals surface area contributed by atoms with Gasteiger partial charge in [0, 0.05) is 6.54 Å². The molecule has 1 aromatic rings. The molecule has 18 heavy (non-hydrogen) atoms. The van der Waals surface area contributed by atoms with Gasteiger partial charge in [0.05, 0.1) is 6.04 Å². The van der Waals surface area contributed by atoms with Crippen LogP contribution in [0.5, 0.6) is 0 Å². The van der Waals surface area contributed by atoms with E-state index < -0.39 is 11.7 Å². The molecule has 2 rings (SSSR count). The smallest absolute Gasteiger partial charge is 0.315 e. The summed E-state index contributed by atoms with van der Waals surface area (Å²) >= 11 is 0. The van der Waals surface area contributed by atoms with E-state index in [9.17, 15) is 9.59 Å². The van der Waals surface area contributed by atoms with Gasteiger partial charge in [-0.25, -0.2) is 5.43 Å². The number of amides is 1. The molecular formula is C13H15N3O2. The van der Waals surface area contributed by atoms with Gasteiger partial charge in [-0.3, -0.25) is 9.59 Å². The number of hydrazone groups is 1. The van der Waals surface area contributed by atoms with Crippen molar-refractivity contribution in [3.63, 3.8) is 0 Å². The number of benzene rings is 1. The van der Waals surface area contributed by atoms with Crippen molar-refractivity contribution in [1.29, 1.82) is 0 Å². The minimum Gasteiger partial charge on any atom is -0.345 e. The number of nitrogens with zero attached hydrogens (tertiary/aromatic N) is 2. The zero-order valence-corrected chi connectivity index (χ0v) is 10.4. The molecule has 0 saturated carbocycles. The first-order valence-corrected chi connectivity index (χ1v) is 5.89. The van der Waals surface area contributed by atoms with Crippen LogP contribution in [0.1, 0.15) is 25.5 Å². The molecule has 0 spiro atoms. The Morgan fingerprint density at radius 3 is 2.44 bits per heavy atom. The van der Waals surface area contributed by atoms with E-state index in [4.69, 9.17) is 0 Å². The molecule has 5 nitrogen and oxygen atoms in total. The second-order valence-corrected chi connectivity index (χ2v) is 4.08. The van der Waals surface area contributed by atoms with Gasteiger partial charge in [-0.1, -0.05) is 30.3 Å². The zero-order chi connectivity index (χ0) is 13.1. The Labute approximate surface area is 105 Å². The average molecular weight is 245 g/mol. The molecule has 0 bridgehead atoms. The quantitative estimate of drug-likeness (QED) is 0.811. The number of rotatable bonds is 3.